The first-order chi connectivity index (χ1) is 10.2. The molecule has 4 atom stereocenters. The summed E-state index contributed by atoms with van der Waals surface area (Å²) in [4.78, 5) is 0. The van der Waals surface area contributed by atoms with E-state index in [4.69, 9.17) is 0 Å². The Labute approximate surface area is 133 Å². The van der Waals surface area contributed by atoms with Gasteiger partial charge in [0, 0.05) is 18.3 Å². The molecule has 0 aromatic carbocycles. The Kier molecular flexibility index (Phi) is 4.06. The maximum absolute atomic E-state index is 12.4. The standard InChI is InChI=1S/C14H24N2O4S2/c1-21(17,18)15-10-9-11-7-8-13(15)14-6-4-3-5-12(11)16(14)22(2,19)20/h9-14H,3-8H2,1-2H3. The molecule has 0 aromatic heterocycles. The Bertz CT molecular complexity index is 671. The van der Waals surface area contributed by atoms with E-state index in [1.165, 1.54) is 16.8 Å². The van der Waals surface area contributed by atoms with Crippen molar-refractivity contribution >= 4 is 20.0 Å². The normalized spacial score (nSPS) is 36.7. The fourth-order valence-electron chi connectivity index (χ4n) is 4.40. The Hall–Kier alpha value is -0.600. The van der Waals surface area contributed by atoms with Gasteiger partial charge in [-0.2, -0.15) is 4.31 Å². The molecule has 2 saturated heterocycles. The highest BCUT2D eigenvalue weighted by atomic mass is 32.2. The summed E-state index contributed by atoms with van der Waals surface area (Å²) < 4.78 is 52.2. The van der Waals surface area contributed by atoms with Crippen molar-refractivity contribution in [3.8, 4) is 0 Å². The third-order valence-electron chi connectivity index (χ3n) is 5.21. The highest BCUT2D eigenvalue weighted by molar-refractivity contribution is 7.88. The zero-order chi connectivity index (χ0) is 16.1. The minimum absolute atomic E-state index is 0.0227. The summed E-state index contributed by atoms with van der Waals surface area (Å²) in [5, 5.41) is 0. The molecule has 3 aliphatic rings. The summed E-state index contributed by atoms with van der Waals surface area (Å²) in [6.45, 7) is 0. The first kappa shape index (κ1) is 16.3. The molecule has 8 heteroatoms. The molecule has 0 N–H and O–H groups in total. The summed E-state index contributed by atoms with van der Waals surface area (Å²) in [5.41, 5.74) is 0. The molecule has 0 spiro atoms. The summed E-state index contributed by atoms with van der Waals surface area (Å²) in [6, 6.07) is -0.549. The molecule has 22 heavy (non-hydrogen) atoms. The fourth-order valence-corrected chi connectivity index (χ4v) is 6.92. The van der Waals surface area contributed by atoms with Crippen molar-refractivity contribution in [2.24, 2.45) is 5.92 Å². The van der Waals surface area contributed by atoms with E-state index in [0.717, 1.165) is 38.5 Å². The summed E-state index contributed by atoms with van der Waals surface area (Å²) in [7, 11) is -6.76. The van der Waals surface area contributed by atoms with Gasteiger partial charge in [0.25, 0.3) is 0 Å². The zero-order valence-corrected chi connectivity index (χ0v) is 14.7. The average molecular weight is 348 g/mol. The van der Waals surface area contributed by atoms with E-state index in [0.29, 0.717) is 0 Å². The van der Waals surface area contributed by atoms with Crippen molar-refractivity contribution in [3.05, 3.63) is 12.3 Å². The average Bonchev–Trinajstić information content (AvgIpc) is 2.78. The van der Waals surface area contributed by atoms with Crippen LogP contribution in [0.15, 0.2) is 12.3 Å². The van der Waals surface area contributed by atoms with E-state index >= 15 is 0 Å². The second kappa shape index (κ2) is 5.49. The second-order valence-corrected chi connectivity index (χ2v) is 10.5. The highest BCUT2D eigenvalue weighted by Gasteiger charge is 2.48. The van der Waals surface area contributed by atoms with E-state index in [-0.39, 0.29) is 24.0 Å². The molecule has 3 heterocycles. The largest absolute Gasteiger partial charge is 0.273 e. The van der Waals surface area contributed by atoms with Crippen molar-refractivity contribution in [2.45, 2.75) is 56.7 Å². The van der Waals surface area contributed by atoms with Crippen molar-refractivity contribution < 1.29 is 16.8 Å². The first-order valence-electron chi connectivity index (χ1n) is 7.85. The number of nitrogens with zero attached hydrogens (tertiary/aromatic N) is 2. The molecular formula is C14H24N2O4S2. The molecule has 3 rings (SSSR count). The van der Waals surface area contributed by atoms with Crippen LogP contribution in [0.1, 0.15) is 38.5 Å². The molecule has 4 bridgehead atoms. The molecule has 0 amide bonds. The third-order valence-corrected chi connectivity index (χ3v) is 7.68. The summed E-state index contributed by atoms with van der Waals surface area (Å²) >= 11 is 0. The van der Waals surface area contributed by atoms with E-state index in [2.05, 4.69) is 0 Å². The van der Waals surface area contributed by atoms with Crippen LogP contribution >= 0.6 is 0 Å². The zero-order valence-electron chi connectivity index (χ0n) is 13.1. The van der Waals surface area contributed by atoms with Gasteiger partial charge in [-0.3, -0.25) is 4.31 Å². The Morgan fingerprint density at radius 3 is 2.05 bits per heavy atom. The second-order valence-electron chi connectivity index (χ2n) is 6.76. The van der Waals surface area contributed by atoms with Gasteiger partial charge in [-0.05, 0) is 31.6 Å². The first-order valence-corrected chi connectivity index (χ1v) is 11.5. The molecule has 2 fully saturated rings. The van der Waals surface area contributed by atoms with Gasteiger partial charge in [0.2, 0.25) is 20.0 Å². The van der Waals surface area contributed by atoms with Gasteiger partial charge in [0.1, 0.15) is 0 Å². The van der Waals surface area contributed by atoms with Crippen LogP contribution in [0.2, 0.25) is 0 Å². The Morgan fingerprint density at radius 1 is 0.818 bits per heavy atom. The maximum atomic E-state index is 12.4. The quantitative estimate of drug-likeness (QED) is 0.750. The van der Waals surface area contributed by atoms with Crippen LogP contribution in [0.3, 0.4) is 0 Å². The number of sulfonamides is 2. The van der Waals surface area contributed by atoms with Gasteiger partial charge in [-0.15, -0.1) is 0 Å². The lowest BCUT2D eigenvalue weighted by Crippen LogP contribution is -2.55. The van der Waals surface area contributed by atoms with Crippen LogP contribution in [-0.4, -0.2) is 56.1 Å². The van der Waals surface area contributed by atoms with Crippen LogP contribution < -0.4 is 0 Å². The molecule has 0 aliphatic carbocycles. The molecule has 3 aliphatic heterocycles. The highest BCUT2D eigenvalue weighted by Crippen LogP contribution is 2.41. The molecule has 0 aromatic rings. The molecule has 0 radical (unpaired) electrons. The lowest BCUT2D eigenvalue weighted by molar-refractivity contribution is 0.177. The van der Waals surface area contributed by atoms with Crippen LogP contribution in [0.25, 0.3) is 0 Å². The van der Waals surface area contributed by atoms with Gasteiger partial charge < -0.3 is 0 Å². The van der Waals surface area contributed by atoms with Crippen molar-refractivity contribution in [2.75, 3.05) is 12.5 Å². The van der Waals surface area contributed by atoms with Crippen LogP contribution in [-0.2, 0) is 20.0 Å². The molecule has 0 saturated carbocycles. The number of hydrogen-bond acceptors (Lipinski definition) is 4. The predicted molar refractivity (Wildman–Crippen MR) is 85.1 cm³/mol. The fraction of sp³-hybridized carbons (Fsp3) is 0.857. The topological polar surface area (TPSA) is 74.8 Å². The number of rotatable bonds is 2. The molecular weight excluding hydrogens is 324 g/mol. The minimum Gasteiger partial charge on any atom is -0.273 e. The van der Waals surface area contributed by atoms with Gasteiger partial charge in [-0.1, -0.05) is 18.9 Å². The SMILES string of the molecule is CS(=O)(=O)N1C=CC2CCC1C1CCCCC2N1S(C)(=O)=O. The monoisotopic (exact) mass is 348 g/mol. The van der Waals surface area contributed by atoms with Crippen molar-refractivity contribution in [3.63, 3.8) is 0 Å². The molecule has 126 valence electrons. The molecule has 4 unspecified atom stereocenters. The van der Waals surface area contributed by atoms with Crippen LogP contribution in [0, 0.1) is 5.92 Å². The third kappa shape index (κ3) is 2.80. The van der Waals surface area contributed by atoms with Crippen molar-refractivity contribution in [1.29, 1.82) is 0 Å². The van der Waals surface area contributed by atoms with Gasteiger partial charge in [-0.25, -0.2) is 16.8 Å². The van der Waals surface area contributed by atoms with E-state index in [1.807, 2.05) is 6.08 Å². The van der Waals surface area contributed by atoms with Crippen LogP contribution in [0.4, 0.5) is 0 Å². The lowest BCUT2D eigenvalue weighted by atomic mass is 9.91. The van der Waals surface area contributed by atoms with E-state index < -0.39 is 20.0 Å². The van der Waals surface area contributed by atoms with Gasteiger partial charge in [0.05, 0.1) is 18.6 Å². The number of fused-ring (bicyclic) bond motifs is 7. The predicted octanol–water partition coefficient (Wildman–Crippen LogP) is 1.13. The van der Waals surface area contributed by atoms with Gasteiger partial charge >= 0.3 is 0 Å². The maximum Gasteiger partial charge on any atom is 0.232 e. The molecule has 6 nitrogen and oxygen atoms in total. The smallest absolute Gasteiger partial charge is 0.232 e. The summed E-state index contributed by atoms with van der Waals surface area (Å²) in [6.07, 6.45) is 11.2. The van der Waals surface area contributed by atoms with Crippen LogP contribution in [0.5, 0.6) is 0 Å². The van der Waals surface area contributed by atoms with E-state index in [1.54, 1.807) is 10.5 Å². The van der Waals surface area contributed by atoms with E-state index in [9.17, 15) is 16.8 Å². The Morgan fingerprint density at radius 2 is 1.45 bits per heavy atom. The summed E-state index contributed by atoms with van der Waals surface area (Å²) in [5.74, 6) is 0.104. The number of hydrogen-bond donors (Lipinski definition) is 0. The lowest BCUT2D eigenvalue weighted by Gasteiger charge is -2.41. The van der Waals surface area contributed by atoms with Gasteiger partial charge in [0.15, 0.2) is 0 Å². The van der Waals surface area contributed by atoms with Crippen molar-refractivity contribution in [1.82, 2.24) is 8.61 Å². The Balaban J connectivity index is 2.16. The minimum atomic E-state index is -3.39.